The van der Waals surface area contributed by atoms with Gasteiger partial charge < -0.3 is 9.72 Å². The van der Waals surface area contributed by atoms with E-state index in [0.717, 1.165) is 16.8 Å². The molecule has 0 bridgehead atoms. The van der Waals surface area contributed by atoms with Crippen LogP contribution in [0.15, 0.2) is 65.7 Å². The quantitative estimate of drug-likeness (QED) is 0.626. The molecule has 0 spiro atoms. The summed E-state index contributed by atoms with van der Waals surface area (Å²) in [6, 6.07) is 11.4. The van der Waals surface area contributed by atoms with Crippen LogP contribution in [0.1, 0.15) is 10.5 Å². The van der Waals surface area contributed by atoms with Gasteiger partial charge in [-0.2, -0.15) is 11.3 Å². The van der Waals surface area contributed by atoms with Crippen LogP contribution in [0.5, 0.6) is 0 Å². The lowest BCUT2D eigenvalue weighted by Crippen LogP contribution is -2.13. The molecule has 4 aromatic rings. The molecule has 0 aromatic carbocycles. The standard InChI is InChI=1S/C17H12N4OS/c22-17(20-15-3-1-2-6-18-15)14-10-21-7-4-12(9-16(21)19-14)13-5-8-23-11-13/h1-11H,(H,18,20,22). The maximum Gasteiger partial charge on any atom is 0.277 e. The van der Waals surface area contributed by atoms with E-state index in [1.54, 1.807) is 35.9 Å². The first-order valence-corrected chi connectivity index (χ1v) is 7.97. The smallest absolute Gasteiger partial charge is 0.277 e. The van der Waals surface area contributed by atoms with Crippen molar-refractivity contribution in [1.82, 2.24) is 14.4 Å². The molecular weight excluding hydrogens is 308 g/mol. The summed E-state index contributed by atoms with van der Waals surface area (Å²) in [6.07, 6.45) is 5.25. The third-order valence-corrected chi connectivity index (χ3v) is 4.14. The normalized spacial score (nSPS) is 10.8. The highest BCUT2D eigenvalue weighted by atomic mass is 32.1. The van der Waals surface area contributed by atoms with Crippen LogP contribution in [0.2, 0.25) is 0 Å². The zero-order valence-corrected chi connectivity index (χ0v) is 12.8. The molecule has 1 N–H and O–H groups in total. The summed E-state index contributed by atoms with van der Waals surface area (Å²) in [7, 11) is 0. The summed E-state index contributed by atoms with van der Waals surface area (Å²) < 4.78 is 1.84. The molecule has 4 rings (SSSR count). The van der Waals surface area contributed by atoms with Gasteiger partial charge in [0.15, 0.2) is 0 Å². The maximum absolute atomic E-state index is 12.3. The average Bonchev–Trinajstić information content (AvgIpc) is 3.24. The molecule has 0 atom stereocenters. The summed E-state index contributed by atoms with van der Waals surface area (Å²) >= 11 is 1.65. The Bertz CT molecular complexity index is 961. The number of fused-ring (bicyclic) bond motifs is 1. The number of thiophene rings is 1. The Morgan fingerprint density at radius 2 is 2.13 bits per heavy atom. The van der Waals surface area contributed by atoms with Crippen molar-refractivity contribution >= 4 is 28.7 Å². The molecule has 0 aliphatic carbocycles. The predicted molar refractivity (Wildman–Crippen MR) is 90.7 cm³/mol. The lowest BCUT2D eigenvalue weighted by Gasteiger charge is -2.00. The van der Waals surface area contributed by atoms with Crippen molar-refractivity contribution in [3.8, 4) is 11.1 Å². The fourth-order valence-electron chi connectivity index (χ4n) is 2.32. The van der Waals surface area contributed by atoms with E-state index < -0.39 is 0 Å². The van der Waals surface area contributed by atoms with Gasteiger partial charge in [0.2, 0.25) is 0 Å². The van der Waals surface area contributed by atoms with Crippen LogP contribution < -0.4 is 5.32 Å². The fourth-order valence-corrected chi connectivity index (χ4v) is 2.98. The number of carbonyl (C=O) groups excluding carboxylic acids is 1. The number of anilines is 1. The van der Waals surface area contributed by atoms with Gasteiger partial charge in [0.05, 0.1) is 0 Å². The van der Waals surface area contributed by atoms with Crippen LogP contribution in [0, 0.1) is 0 Å². The summed E-state index contributed by atoms with van der Waals surface area (Å²) in [5.41, 5.74) is 3.33. The van der Waals surface area contributed by atoms with Crippen LogP contribution in [-0.2, 0) is 0 Å². The first-order chi connectivity index (χ1) is 11.3. The Morgan fingerprint density at radius 1 is 1.17 bits per heavy atom. The van der Waals surface area contributed by atoms with Gasteiger partial charge in [-0.1, -0.05) is 6.07 Å². The molecule has 23 heavy (non-hydrogen) atoms. The minimum absolute atomic E-state index is 0.274. The highest BCUT2D eigenvalue weighted by molar-refractivity contribution is 7.08. The summed E-state index contributed by atoms with van der Waals surface area (Å²) in [6.45, 7) is 0. The number of rotatable bonds is 3. The molecule has 1 amide bonds. The van der Waals surface area contributed by atoms with Crippen molar-refractivity contribution in [1.29, 1.82) is 0 Å². The van der Waals surface area contributed by atoms with Crippen LogP contribution in [0.25, 0.3) is 16.8 Å². The number of nitrogens with one attached hydrogen (secondary N) is 1. The Labute approximate surface area is 136 Å². The fraction of sp³-hybridized carbons (Fsp3) is 0. The monoisotopic (exact) mass is 320 g/mol. The molecule has 5 nitrogen and oxygen atoms in total. The average molecular weight is 320 g/mol. The lowest BCUT2D eigenvalue weighted by molar-refractivity contribution is 0.102. The number of aromatic nitrogens is 3. The number of nitrogens with zero attached hydrogens (tertiary/aromatic N) is 3. The second kappa shape index (κ2) is 5.66. The SMILES string of the molecule is O=C(Nc1ccccn1)c1cn2ccc(-c3ccsc3)cc2n1. The van der Waals surface area contributed by atoms with E-state index in [-0.39, 0.29) is 5.91 Å². The van der Waals surface area contributed by atoms with Gasteiger partial charge in [0, 0.05) is 18.6 Å². The van der Waals surface area contributed by atoms with Gasteiger partial charge in [0.25, 0.3) is 5.91 Å². The Balaban J connectivity index is 1.65. The first-order valence-electron chi connectivity index (χ1n) is 7.03. The molecular formula is C17H12N4OS. The van der Waals surface area contributed by atoms with Gasteiger partial charge in [-0.25, -0.2) is 9.97 Å². The Kier molecular flexibility index (Phi) is 3.36. The first kappa shape index (κ1) is 13.7. The number of carbonyl (C=O) groups is 1. The van der Waals surface area contributed by atoms with Gasteiger partial charge in [-0.15, -0.1) is 0 Å². The third-order valence-electron chi connectivity index (χ3n) is 3.45. The predicted octanol–water partition coefficient (Wildman–Crippen LogP) is 3.71. The molecule has 0 unspecified atom stereocenters. The minimum atomic E-state index is -0.274. The zero-order chi connectivity index (χ0) is 15.6. The van der Waals surface area contributed by atoms with E-state index >= 15 is 0 Å². The third kappa shape index (κ3) is 2.72. The molecule has 4 aromatic heterocycles. The van der Waals surface area contributed by atoms with Crippen molar-refractivity contribution in [3.05, 3.63) is 71.4 Å². The van der Waals surface area contributed by atoms with E-state index in [2.05, 4.69) is 26.7 Å². The van der Waals surface area contributed by atoms with Crippen LogP contribution in [-0.4, -0.2) is 20.3 Å². The number of imidazole rings is 1. The number of amides is 1. The lowest BCUT2D eigenvalue weighted by atomic mass is 10.1. The molecule has 112 valence electrons. The topological polar surface area (TPSA) is 59.3 Å². The van der Waals surface area contributed by atoms with Crippen LogP contribution in [0.3, 0.4) is 0 Å². The number of hydrogen-bond donors (Lipinski definition) is 1. The van der Waals surface area contributed by atoms with E-state index in [9.17, 15) is 4.79 Å². The van der Waals surface area contributed by atoms with E-state index in [1.165, 1.54) is 0 Å². The molecule has 0 aliphatic heterocycles. The van der Waals surface area contributed by atoms with Gasteiger partial charge in [-0.3, -0.25) is 4.79 Å². The van der Waals surface area contributed by atoms with Crippen molar-refractivity contribution in [2.75, 3.05) is 5.32 Å². The molecule has 0 radical (unpaired) electrons. The van der Waals surface area contributed by atoms with E-state index in [4.69, 9.17) is 0 Å². The second-order valence-corrected chi connectivity index (χ2v) is 5.77. The van der Waals surface area contributed by atoms with Gasteiger partial charge >= 0.3 is 0 Å². The Morgan fingerprint density at radius 3 is 2.91 bits per heavy atom. The molecule has 6 heteroatoms. The van der Waals surface area contributed by atoms with Crippen molar-refractivity contribution in [3.63, 3.8) is 0 Å². The summed E-state index contributed by atoms with van der Waals surface area (Å²) in [4.78, 5) is 20.8. The molecule has 4 heterocycles. The van der Waals surface area contributed by atoms with Crippen LogP contribution in [0.4, 0.5) is 5.82 Å². The van der Waals surface area contributed by atoms with Crippen LogP contribution >= 0.6 is 11.3 Å². The molecule has 0 saturated heterocycles. The largest absolute Gasteiger partial charge is 0.306 e. The molecule has 0 aliphatic rings. The van der Waals surface area contributed by atoms with E-state index in [0.29, 0.717) is 11.5 Å². The maximum atomic E-state index is 12.3. The van der Waals surface area contributed by atoms with Crippen molar-refractivity contribution in [2.24, 2.45) is 0 Å². The highest BCUT2D eigenvalue weighted by Crippen LogP contribution is 2.23. The number of hydrogen-bond acceptors (Lipinski definition) is 4. The summed E-state index contributed by atoms with van der Waals surface area (Å²) in [5, 5.41) is 6.86. The second-order valence-electron chi connectivity index (χ2n) is 4.99. The van der Waals surface area contributed by atoms with E-state index in [1.807, 2.05) is 34.2 Å². The number of pyridine rings is 2. The zero-order valence-electron chi connectivity index (χ0n) is 12.0. The van der Waals surface area contributed by atoms with Crippen molar-refractivity contribution in [2.45, 2.75) is 0 Å². The van der Waals surface area contributed by atoms with Gasteiger partial charge in [-0.05, 0) is 52.2 Å². The Hall–Kier alpha value is -2.99. The highest BCUT2D eigenvalue weighted by Gasteiger charge is 2.12. The summed E-state index contributed by atoms with van der Waals surface area (Å²) in [5.74, 6) is 0.234. The molecule has 0 fully saturated rings. The van der Waals surface area contributed by atoms with Crippen molar-refractivity contribution < 1.29 is 4.79 Å². The minimum Gasteiger partial charge on any atom is -0.306 e. The van der Waals surface area contributed by atoms with Gasteiger partial charge in [0.1, 0.15) is 17.2 Å². The molecule has 0 saturated carbocycles.